The summed E-state index contributed by atoms with van der Waals surface area (Å²) in [6, 6.07) is 7.47. The van der Waals surface area contributed by atoms with Gasteiger partial charge in [-0.15, -0.1) is 11.3 Å². The van der Waals surface area contributed by atoms with Crippen LogP contribution in [0.25, 0.3) is 16.5 Å². The quantitative estimate of drug-likeness (QED) is 0.588. The van der Waals surface area contributed by atoms with Gasteiger partial charge in [-0.2, -0.15) is 0 Å². The first-order valence-corrected chi connectivity index (χ1v) is 9.04. The fourth-order valence-electron chi connectivity index (χ4n) is 2.66. The molecule has 130 valence electrons. The predicted molar refractivity (Wildman–Crippen MR) is 99.1 cm³/mol. The van der Waals surface area contributed by atoms with Gasteiger partial charge in [-0.1, -0.05) is 6.07 Å². The number of aromatic nitrogens is 5. The molecule has 0 spiro atoms. The lowest BCUT2D eigenvalue weighted by molar-refractivity contribution is 0.0949. The van der Waals surface area contributed by atoms with Crippen molar-refractivity contribution in [2.24, 2.45) is 0 Å². The molecule has 0 unspecified atom stereocenters. The Kier molecular flexibility index (Phi) is 4.40. The van der Waals surface area contributed by atoms with E-state index in [1.807, 2.05) is 41.1 Å². The molecule has 4 rings (SSSR count). The van der Waals surface area contributed by atoms with Crippen molar-refractivity contribution in [2.45, 2.75) is 13.3 Å². The van der Waals surface area contributed by atoms with Gasteiger partial charge in [0.05, 0.1) is 11.4 Å². The maximum atomic E-state index is 12.4. The molecule has 0 aliphatic carbocycles. The van der Waals surface area contributed by atoms with E-state index in [1.165, 1.54) is 11.3 Å². The molecule has 4 aromatic heterocycles. The summed E-state index contributed by atoms with van der Waals surface area (Å²) in [7, 11) is 0. The maximum absolute atomic E-state index is 12.4. The van der Waals surface area contributed by atoms with Crippen LogP contribution < -0.4 is 5.32 Å². The van der Waals surface area contributed by atoms with E-state index in [0.717, 1.165) is 22.0 Å². The fourth-order valence-corrected chi connectivity index (χ4v) is 3.45. The van der Waals surface area contributed by atoms with Gasteiger partial charge in [0.15, 0.2) is 10.8 Å². The topological polar surface area (TPSA) is 85.1 Å². The average Bonchev–Trinajstić information content (AvgIpc) is 3.28. The van der Waals surface area contributed by atoms with Gasteiger partial charge >= 0.3 is 0 Å². The van der Waals surface area contributed by atoms with E-state index in [4.69, 9.17) is 0 Å². The highest BCUT2D eigenvalue weighted by atomic mass is 32.1. The van der Waals surface area contributed by atoms with Crippen LogP contribution >= 0.6 is 11.3 Å². The van der Waals surface area contributed by atoms with Gasteiger partial charge in [0.2, 0.25) is 0 Å². The molecule has 0 aromatic carbocycles. The first kappa shape index (κ1) is 16.3. The van der Waals surface area contributed by atoms with Gasteiger partial charge < -0.3 is 9.72 Å². The zero-order chi connectivity index (χ0) is 17.9. The number of amides is 1. The second kappa shape index (κ2) is 7.01. The third-order valence-corrected chi connectivity index (χ3v) is 4.85. The normalized spacial score (nSPS) is 11.0. The smallest absolute Gasteiger partial charge is 0.271 e. The maximum Gasteiger partial charge on any atom is 0.271 e. The lowest BCUT2D eigenvalue weighted by atomic mass is 10.3. The van der Waals surface area contributed by atoms with Gasteiger partial charge in [0.25, 0.3) is 5.91 Å². The van der Waals surface area contributed by atoms with Gasteiger partial charge in [-0.05, 0) is 25.1 Å². The number of rotatable bonds is 5. The van der Waals surface area contributed by atoms with Crippen LogP contribution in [-0.2, 0) is 6.42 Å². The highest BCUT2D eigenvalue weighted by Gasteiger charge is 2.15. The number of carbonyl (C=O) groups is 1. The van der Waals surface area contributed by atoms with E-state index < -0.39 is 0 Å². The Hall–Kier alpha value is -3.13. The van der Waals surface area contributed by atoms with E-state index in [9.17, 15) is 4.79 Å². The van der Waals surface area contributed by atoms with Gasteiger partial charge in [0.1, 0.15) is 11.3 Å². The monoisotopic (exact) mass is 364 g/mol. The highest BCUT2D eigenvalue weighted by Crippen LogP contribution is 2.19. The number of fused-ring (bicyclic) bond motifs is 1. The number of imidazole rings is 1. The Labute approximate surface area is 153 Å². The lowest BCUT2D eigenvalue weighted by Gasteiger charge is -2.02. The summed E-state index contributed by atoms with van der Waals surface area (Å²) < 4.78 is 1.90. The molecule has 0 fully saturated rings. The molecule has 0 radical (unpaired) electrons. The molecule has 0 saturated heterocycles. The van der Waals surface area contributed by atoms with Crippen molar-refractivity contribution in [2.75, 3.05) is 6.54 Å². The molecule has 1 N–H and O–H groups in total. The first-order valence-electron chi connectivity index (χ1n) is 8.16. The Morgan fingerprint density at radius 1 is 1.19 bits per heavy atom. The zero-order valence-electron chi connectivity index (χ0n) is 14.1. The molecule has 4 aromatic rings. The molecular formula is C18H16N6OS. The van der Waals surface area contributed by atoms with E-state index in [1.54, 1.807) is 18.5 Å². The molecule has 8 heteroatoms. The molecule has 0 bridgehead atoms. The summed E-state index contributed by atoms with van der Waals surface area (Å²) >= 11 is 1.50. The van der Waals surface area contributed by atoms with Crippen molar-refractivity contribution >= 4 is 22.9 Å². The third kappa shape index (κ3) is 3.18. The molecule has 7 nitrogen and oxygen atoms in total. The van der Waals surface area contributed by atoms with Crippen molar-refractivity contribution in [1.29, 1.82) is 0 Å². The lowest BCUT2D eigenvalue weighted by Crippen LogP contribution is -2.26. The highest BCUT2D eigenvalue weighted by molar-refractivity contribution is 7.13. The minimum absolute atomic E-state index is 0.173. The number of nitrogens with one attached hydrogen (secondary N) is 1. The van der Waals surface area contributed by atoms with E-state index in [-0.39, 0.29) is 5.91 Å². The third-order valence-electron chi connectivity index (χ3n) is 3.96. The standard InChI is InChI=1S/C18H16N6OS/c1-12-15(23-14-5-2-3-10-24(12)14)17(25)21-9-6-13-11-26-18(22-13)16-19-7-4-8-20-16/h2-5,7-8,10-11H,6,9H2,1H3,(H,21,25). The average molecular weight is 364 g/mol. The van der Waals surface area contributed by atoms with Crippen LogP contribution in [-0.4, -0.2) is 36.8 Å². The summed E-state index contributed by atoms with van der Waals surface area (Å²) in [5.74, 6) is 0.446. The number of aryl methyl sites for hydroxylation is 1. The van der Waals surface area contributed by atoms with Crippen LogP contribution in [0.15, 0.2) is 48.2 Å². The van der Waals surface area contributed by atoms with E-state index in [0.29, 0.717) is 24.5 Å². The van der Waals surface area contributed by atoms with Crippen molar-refractivity contribution < 1.29 is 4.79 Å². The Balaban J connectivity index is 1.39. The number of carbonyl (C=O) groups excluding carboxylic acids is 1. The molecule has 0 atom stereocenters. The van der Waals surface area contributed by atoms with E-state index >= 15 is 0 Å². The Morgan fingerprint density at radius 2 is 2.04 bits per heavy atom. The van der Waals surface area contributed by atoms with Gasteiger partial charge in [-0.25, -0.2) is 19.9 Å². The van der Waals surface area contributed by atoms with Crippen molar-refractivity contribution in [3.05, 3.63) is 65.3 Å². The number of thiazole rings is 1. The predicted octanol–water partition coefficient (Wildman–Crippen LogP) is 2.53. The molecule has 1 amide bonds. The molecule has 0 saturated carbocycles. The number of nitrogens with zero attached hydrogens (tertiary/aromatic N) is 5. The van der Waals surface area contributed by atoms with E-state index in [2.05, 4.69) is 25.3 Å². The number of pyridine rings is 1. The Bertz CT molecular complexity index is 1060. The molecule has 4 heterocycles. The van der Waals surface area contributed by atoms with Crippen molar-refractivity contribution in [1.82, 2.24) is 29.7 Å². The first-order chi connectivity index (χ1) is 12.7. The van der Waals surface area contributed by atoms with Crippen LogP contribution in [0.3, 0.4) is 0 Å². The summed E-state index contributed by atoms with van der Waals surface area (Å²) in [6.07, 6.45) is 5.93. The van der Waals surface area contributed by atoms with Crippen molar-refractivity contribution in [3.63, 3.8) is 0 Å². The molecular weight excluding hydrogens is 348 g/mol. The minimum Gasteiger partial charge on any atom is -0.350 e. The largest absolute Gasteiger partial charge is 0.350 e. The van der Waals surface area contributed by atoms with Crippen molar-refractivity contribution in [3.8, 4) is 10.8 Å². The van der Waals surface area contributed by atoms with Crippen LogP contribution in [0.1, 0.15) is 21.9 Å². The summed E-state index contributed by atoms with van der Waals surface area (Å²) in [4.78, 5) is 29.7. The number of hydrogen-bond donors (Lipinski definition) is 1. The molecule has 26 heavy (non-hydrogen) atoms. The number of hydrogen-bond acceptors (Lipinski definition) is 6. The van der Waals surface area contributed by atoms with Crippen LogP contribution in [0.5, 0.6) is 0 Å². The second-order valence-electron chi connectivity index (χ2n) is 5.70. The zero-order valence-corrected chi connectivity index (χ0v) is 14.9. The summed E-state index contributed by atoms with van der Waals surface area (Å²) in [6.45, 7) is 2.38. The molecule has 0 aliphatic heterocycles. The van der Waals surface area contributed by atoms with Crippen LogP contribution in [0, 0.1) is 6.92 Å². The molecule has 0 aliphatic rings. The second-order valence-corrected chi connectivity index (χ2v) is 6.56. The fraction of sp³-hybridized carbons (Fsp3) is 0.167. The summed E-state index contributed by atoms with van der Waals surface area (Å²) in [5.41, 5.74) is 2.95. The summed E-state index contributed by atoms with van der Waals surface area (Å²) in [5, 5.41) is 5.66. The SMILES string of the molecule is Cc1c(C(=O)NCCc2csc(-c3ncccn3)n2)nc2ccccn12. The minimum atomic E-state index is -0.173. The van der Waals surface area contributed by atoms with Gasteiger partial charge in [-0.3, -0.25) is 4.79 Å². The van der Waals surface area contributed by atoms with Crippen LogP contribution in [0.4, 0.5) is 0 Å². The van der Waals surface area contributed by atoms with Crippen LogP contribution in [0.2, 0.25) is 0 Å². The Morgan fingerprint density at radius 3 is 2.85 bits per heavy atom. The van der Waals surface area contributed by atoms with Gasteiger partial charge in [0, 0.05) is 36.9 Å².